The van der Waals surface area contributed by atoms with E-state index in [1.54, 1.807) is 0 Å². The molecule has 0 aliphatic heterocycles. The molecule has 0 amide bonds. The van der Waals surface area contributed by atoms with Crippen molar-refractivity contribution in [1.29, 1.82) is 0 Å². The number of benzene rings is 11. The van der Waals surface area contributed by atoms with E-state index in [2.05, 4.69) is 288 Å². The summed E-state index contributed by atoms with van der Waals surface area (Å²) in [6, 6.07) is 89.1. The Hall–Kier alpha value is -8.92. The maximum absolute atomic E-state index is 6.52. The van der Waals surface area contributed by atoms with Crippen molar-refractivity contribution in [3.63, 3.8) is 0 Å². The van der Waals surface area contributed by atoms with Crippen molar-refractivity contribution in [2.75, 3.05) is 4.90 Å². The molecule has 0 aliphatic carbocycles. The molecule has 0 unspecified atom stereocenters. The third-order valence-electron chi connectivity index (χ3n) is 15.3. The molecule has 3 nitrogen and oxygen atoms in total. The second kappa shape index (κ2) is 17.9. The molecule has 11 aromatic carbocycles. The summed E-state index contributed by atoms with van der Waals surface area (Å²) in [5.74, 6) is 0. The first-order chi connectivity index (χ1) is 36.5. The van der Waals surface area contributed by atoms with E-state index in [-0.39, 0.29) is 10.8 Å². The predicted molar refractivity (Wildman–Crippen MR) is 319 cm³/mol. The molecular formula is C72H58N2O. The normalized spacial score (nSPS) is 12.1. The number of hydrogen-bond donors (Lipinski definition) is 0. The molecule has 0 aliphatic rings. The second-order valence-electron chi connectivity index (χ2n) is 22.2. The highest BCUT2D eigenvalue weighted by Gasteiger charge is 2.25. The van der Waals surface area contributed by atoms with E-state index < -0.39 is 0 Å². The highest BCUT2D eigenvalue weighted by molar-refractivity contribution is 6.12. The fourth-order valence-electron chi connectivity index (χ4n) is 11.4. The zero-order valence-corrected chi connectivity index (χ0v) is 43.4. The minimum Gasteiger partial charge on any atom is -0.456 e. The fraction of sp³-hybridized carbons (Fsp3) is 0.111. The number of fused-ring (bicyclic) bond motifs is 7. The van der Waals surface area contributed by atoms with Gasteiger partial charge in [-0.05, 0) is 139 Å². The SMILES string of the molecule is CC(C)(C)c1cc(-c2cccc3cccc(-c4ccccc4N(c4ccc(-c5ccc6c(c5)c5ccccc5n6-c5ccccc5)cc4)c4ccccc4-c4ccc5c(c4)oc4ccccc45)c23)cc(C(C)(C)C)c1. The van der Waals surface area contributed by atoms with Gasteiger partial charge in [0.15, 0.2) is 0 Å². The smallest absolute Gasteiger partial charge is 0.136 e. The summed E-state index contributed by atoms with van der Waals surface area (Å²) in [6.07, 6.45) is 0. The summed E-state index contributed by atoms with van der Waals surface area (Å²) in [6.45, 7) is 13.9. The Morgan fingerprint density at radius 1 is 0.347 bits per heavy atom. The molecule has 0 radical (unpaired) electrons. The summed E-state index contributed by atoms with van der Waals surface area (Å²) in [5, 5.41) is 7.15. The maximum atomic E-state index is 6.52. The minimum absolute atomic E-state index is 0.0239. The Labute approximate surface area is 439 Å². The summed E-state index contributed by atoms with van der Waals surface area (Å²) in [4.78, 5) is 2.47. The molecule has 0 saturated heterocycles. The Bertz CT molecular complexity index is 4270. The van der Waals surface area contributed by atoms with Crippen LogP contribution in [0.15, 0.2) is 247 Å². The number of aromatic nitrogens is 1. The van der Waals surface area contributed by atoms with Crippen LogP contribution in [0.2, 0.25) is 0 Å². The van der Waals surface area contributed by atoms with Gasteiger partial charge in [-0.2, -0.15) is 0 Å². The molecule has 0 bridgehead atoms. The van der Waals surface area contributed by atoms with Crippen molar-refractivity contribution in [1.82, 2.24) is 4.57 Å². The molecular weight excluding hydrogens is 909 g/mol. The van der Waals surface area contributed by atoms with Gasteiger partial charge in [0.1, 0.15) is 11.2 Å². The van der Waals surface area contributed by atoms with Crippen LogP contribution in [0.25, 0.3) is 105 Å². The lowest BCUT2D eigenvalue weighted by molar-refractivity contribution is 0.569. The molecule has 0 spiro atoms. The molecule has 13 aromatic rings. The third-order valence-corrected chi connectivity index (χ3v) is 15.3. The van der Waals surface area contributed by atoms with Crippen LogP contribution < -0.4 is 4.90 Å². The number of anilines is 3. The zero-order valence-electron chi connectivity index (χ0n) is 43.4. The first-order valence-corrected chi connectivity index (χ1v) is 26.2. The molecule has 362 valence electrons. The highest BCUT2D eigenvalue weighted by Crippen LogP contribution is 2.49. The van der Waals surface area contributed by atoms with Crippen molar-refractivity contribution in [3.8, 4) is 50.2 Å². The van der Waals surface area contributed by atoms with E-state index >= 15 is 0 Å². The number of hydrogen-bond acceptors (Lipinski definition) is 2. The summed E-state index contributed by atoms with van der Waals surface area (Å²) in [7, 11) is 0. The van der Waals surface area contributed by atoms with E-state index in [0.29, 0.717) is 0 Å². The van der Waals surface area contributed by atoms with Gasteiger partial charge in [0.05, 0.1) is 22.4 Å². The number of furan rings is 1. The number of rotatable bonds is 8. The second-order valence-corrected chi connectivity index (χ2v) is 22.2. The lowest BCUT2D eigenvalue weighted by Gasteiger charge is -2.30. The van der Waals surface area contributed by atoms with E-state index in [1.165, 1.54) is 66.0 Å². The van der Waals surface area contributed by atoms with Gasteiger partial charge < -0.3 is 13.9 Å². The van der Waals surface area contributed by atoms with Gasteiger partial charge in [0, 0.05) is 44.0 Å². The lowest BCUT2D eigenvalue weighted by atomic mass is 9.78. The van der Waals surface area contributed by atoms with Gasteiger partial charge in [-0.3, -0.25) is 0 Å². The summed E-state index contributed by atoms with van der Waals surface area (Å²) < 4.78 is 8.89. The van der Waals surface area contributed by atoms with E-state index in [4.69, 9.17) is 4.42 Å². The van der Waals surface area contributed by atoms with Crippen LogP contribution in [0.1, 0.15) is 52.7 Å². The van der Waals surface area contributed by atoms with E-state index in [9.17, 15) is 0 Å². The van der Waals surface area contributed by atoms with Crippen LogP contribution >= 0.6 is 0 Å². The molecule has 2 aromatic heterocycles. The molecule has 75 heavy (non-hydrogen) atoms. The van der Waals surface area contributed by atoms with Gasteiger partial charge in [0.2, 0.25) is 0 Å². The van der Waals surface area contributed by atoms with Gasteiger partial charge in [0.25, 0.3) is 0 Å². The Balaban J connectivity index is 1.00. The average molecular weight is 967 g/mol. The predicted octanol–water partition coefficient (Wildman–Crippen LogP) is 20.6. The third kappa shape index (κ3) is 8.07. The summed E-state index contributed by atoms with van der Waals surface area (Å²) >= 11 is 0. The quantitative estimate of drug-likeness (QED) is 0.151. The number of para-hydroxylation sites is 5. The van der Waals surface area contributed by atoms with Crippen LogP contribution in [0.3, 0.4) is 0 Å². The fourth-order valence-corrected chi connectivity index (χ4v) is 11.4. The number of nitrogens with zero attached hydrogens (tertiary/aromatic N) is 2. The molecule has 0 atom stereocenters. The topological polar surface area (TPSA) is 21.3 Å². The standard InChI is InChI=1S/C72H58N2O/c1-71(2,3)52-42-51(43-53(46-52)72(4,5)6)57-28-18-20-48-21-19-29-62(70(48)57)58-25-11-15-31-65(58)74(64-30-14-10-24-56(64)50-36-40-61-60-27-13-17-33-68(60)75-69(61)45-50)55-38-34-47(35-39-55)49-37-41-67-63(44-49)59-26-12-16-32-66(59)73(67)54-22-8-7-9-23-54/h7-46H,1-6H3. The van der Waals surface area contributed by atoms with E-state index in [1.807, 2.05) is 6.07 Å². The van der Waals surface area contributed by atoms with Crippen LogP contribution in [-0.2, 0) is 10.8 Å². The average Bonchev–Trinajstić information content (AvgIpc) is 4.01. The summed E-state index contributed by atoms with van der Waals surface area (Å²) in [5.41, 5.74) is 20.5. The van der Waals surface area contributed by atoms with Crippen molar-refractivity contribution in [2.24, 2.45) is 0 Å². The Morgan fingerprint density at radius 3 is 1.64 bits per heavy atom. The molecule has 2 heterocycles. The van der Waals surface area contributed by atoms with Gasteiger partial charge in [-0.1, -0.05) is 211 Å². The first kappa shape index (κ1) is 45.9. The zero-order chi connectivity index (χ0) is 51.0. The maximum Gasteiger partial charge on any atom is 0.136 e. The van der Waals surface area contributed by atoms with Crippen LogP contribution in [0, 0.1) is 0 Å². The molecule has 3 heteroatoms. The molecule has 13 rings (SSSR count). The van der Waals surface area contributed by atoms with Gasteiger partial charge >= 0.3 is 0 Å². The first-order valence-electron chi connectivity index (χ1n) is 26.2. The van der Waals surface area contributed by atoms with Crippen LogP contribution in [0.5, 0.6) is 0 Å². The van der Waals surface area contributed by atoms with Crippen molar-refractivity contribution in [2.45, 2.75) is 52.4 Å². The minimum atomic E-state index is -0.0239. The monoisotopic (exact) mass is 966 g/mol. The van der Waals surface area contributed by atoms with Gasteiger partial charge in [-0.25, -0.2) is 0 Å². The van der Waals surface area contributed by atoms with Crippen LogP contribution in [0.4, 0.5) is 17.1 Å². The van der Waals surface area contributed by atoms with Crippen molar-refractivity contribution >= 4 is 71.6 Å². The van der Waals surface area contributed by atoms with E-state index in [0.717, 1.165) is 66.9 Å². The largest absolute Gasteiger partial charge is 0.456 e. The van der Waals surface area contributed by atoms with Crippen LogP contribution in [-0.4, -0.2) is 4.57 Å². The molecule has 0 fully saturated rings. The Kier molecular flexibility index (Phi) is 11.0. The lowest BCUT2D eigenvalue weighted by Crippen LogP contribution is -2.16. The Morgan fingerprint density at radius 2 is 0.907 bits per heavy atom. The highest BCUT2D eigenvalue weighted by atomic mass is 16.3. The van der Waals surface area contributed by atoms with Crippen molar-refractivity contribution in [3.05, 3.63) is 254 Å². The van der Waals surface area contributed by atoms with Gasteiger partial charge in [-0.15, -0.1) is 0 Å². The van der Waals surface area contributed by atoms with Crippen molar-refractivity contribution < 1.29 is 4.42 Å². The molecule has 0 N–H and O–H groups in total. The molecule has 0 saturated carbocycles.